The summed E-state index contributed by atoms with van der Waals surface area (Å²) in [5.41, 5.74) is 1.71. The molecule has 66 valence electrons. The van der Waals surface area contributed by atoms with E-state index in [0.717, 1.165) is 17.0 Å². The Bertz CT molecular complexity index is 430. The van der Waals surface area contributed by atoms with Crippen molar-refractivity contribution in [3.63, 3.8) is 0 Å². The van der Waals surface area contributed by atoms with E-state index in [2.05, 4.69) is 19.9 Å². The molecule has 3 rings (SSSR count). The van der Waals surface area contributed by atoms with Crippen molar-refractivity contribution in [2.45, 2.75) is 25.2 Å². The lowest BCUT2D eigenvalue weighted by molar-refractivity contribution is 0.402. The van der Waals surface area contributed by atoms with Gasteiger partial charge in [0, 0.05) is 5.92 Å². The molecule has 1 aliphatic carbocycles. The zero-order valence-corrected chi connectivity index (χ0v) is 7.20. The Morgan fingerprint density at radius 2 is 2.23 bits per heavy atom. The Kier molecular flexibility index (Phi) is 1.36. The van der Waals surface area contributed by atoms with E-state index in [9.17, 15) is 0 Å². The molecule has 0 saturated heterocycles. The summed E-state index contributed by atoms with van der Waals surface area (Å²) in [6.45, 7) is 0. The molecule has 2 heterocycles. The Labute approximate surface area is 75.4 Å². The smallest absolute Gasteiger partial charge is 0.160 e. The van der Waals surface area contributed by atoms with E-state index in [4.69, 9.17) is 0 Å². The zero-order chi connectivity index (χ0) is 8.67. The summed E-state index contributed by atoms with van der Waals surface area (Å²) in [5.74, 6) is 1.57. The van der Waals surface area contributed by atoms with Crippen LogP contribution in [0, 0.1) is 0 Å². The van der Waals surface area contributed by atoms with Gasteiger partial charge in [0.05, 0.1) is 12.5 Å². The van der Waals surface area contributed by atoms with Crippen molar-refractivity contribution in [2.24, 2.45) is 0 Å². The number of rotatable bonds is 1. The molecule has 0 atom stereocenters. The fourth-order valence-electron chi connectivity index (χ4n) is 1.62. The van der Waals surface area contributed by atoms with Crippen LogP contribution in [0.2, 0.25) is 0 Å². The second kappa shape index (κ2) is 2.52. The minimum atomic E-state index is 0.590. The largest absolute Gasteiger partial charge is 0.329 e. The van der Waals surface area contributed by atoms with Crippen molar-refractivity contribution in [3.05, 3.63) is 18.3 Å². The lowest BCUT2D eigenvalue weighted by Gasteiger charge is -2.23. The number of hydrogen-bond acceptors (Lipinski definition) is 3. The highest BCUT2D eigenvalue weighted by Gasteiger charge is 2.22. The maximum absolute atomic E-state index is 4.43. The van der Waals surface area contributed by atoms with Gasteiger partial charge in [-0.05, 0) is 12.8 Å². The molecule has 1 fully saturated rings. The third-order valence-electron chi connectivity index (χ3n) is 2.66. The summed E-state index contributed by atoms with van der Waals surface area (Å²) in [6.07, 6.45) is 7.24. The Balaban J connectivity index is 2.09. The lowest BCUT2D eigenvalue weighted by Crippen LogP contribution is -2.12. The molecule has 4 heteroatoms. The molecule has 0 bridgehead atoms. The lowest BCUT2D eigenvalue weighted by atomic mass is 9.85. The normalized spacial score (nSPS) is 17.5. The maximum Gasteiger partial charge on any atom is 0.160 e. The summed E-state index contributed by atoms with van der Waals surface area (Å²) >= 11 is 0. The fraction of sp³-hybridized carbons (Fsp3) is 0.444. The molecule has 2 aromatic heterocycles. The maximum atomic E-state index is 4.43. The van der Waals surface area contributed by atoms with Crippen molar-refractivity contribution in [1.82, 2.24) is 19.9 Å². The van der Waals surface area contributed by atoms with E-state index in [-0.39, 0.29) is 0 Å². The predicted octanol–water partition coefficient (Wildman–Crippen LogP) is 1.62. The van der Waals surface area contributed by atoms with Crippen molar-refractivity contribution in [3.8, 4) is 0 Å². The van der Waals surface area contributed by atoms with Gasteiger partial charge in [-0.25, -0.2) is 15.0 Å². The van der Waals surface area contributed by atoms with Gasteiger partial charge in [-0.15, -0.1) is 0 Å². The molecular formula is C9H10N4. The minimum Gasteiger partial charge on any atom is -0.329 e. The van der Waals surface area contributed by atoms with E-state index in [1.807, 2.05) is 0 Å². The number of aromatic nitrogens is 4. The van der Waals surface area contributed by atoms with Gasteiger partial charge in [-0.1, -0.05) is 6.42 Å². The van der Waals surface area contributed by atoms with Crippen molar-refractivity contribution in [1.29, 1.82) is 0 Å². The SMILES string of the molecule is c1nc2cnc(C3CCC3)nc2[nH]1. The zero-order valence-electron chi connectivity index (χ0n) is 7.20. The average Bonchev–Trinajstić information content (AvgIpc) is 2.47. The van der Waals surface area contributed by atoms with Crippen molar-refractivity contribution < 1.29 is 0 Å². The summed E-state index contributed by atoms with van der Waals surface area (Å²) in [5, 5.41) is 0. The van der Waals surface area contributed by atoms with Crippen molar-refractivity contribution >= 4 is 11.2 Å². The van der Waals surface area contributed by atoms with E-state index < -0.39 is 0 Å². The average molecular weight is 174 g/mol. The van der Waals surface area contributed by atoms with E-state index in [1.165, 1.54) is 19.3 Å². The van der Waals surface area contributed by atoms with Crippen LogP contribution in [0.15, 0.2) is 12.5 Å². The molecule has 13 heavy (non-hydrogen) atoms. The van der Waals surface area contributed by atoms with Gasteiger partial charge >= 0.3 is 0 Å². The van der Waals surface area contributed by atoms with Crippen LogP contribution in [0.25, 0.3) is 11.2 Å². The van der Waals surface area contributed by atoms with E-state index in [0.29, 0.717) is 5.92 Å². The van der Waals surface area contributed by atoms with Gasteiger partial charge in [-0.3, -0.25) is 0 Å². The third-order valence-corrected chi connectivity index (χ3v) is 2.66. The van der Waals surface area contributed by atoms with Crippen LogP contribution in [0.1, 0.15) is 31.0 Å². The topological polar surface area (TPSA) is 54.5 Å². The molecule has 0 amide bonds. The number of fused-ring (bicyclic) bond motifs is 1. The Morgan fingerprint density at radius 3 is 3.00 bits per heavy atom. The van der Waals surface area contributed by atoms with Gasteiger partial charge in [0.15, 0.2) is 5.65 Å². The number of H-pyrrole nitrogens is 1. The molecule has 1 saturated carbocycles. The Morgan fingerprint density at radius 1 is 1.31 bits per heavy atom. The highest BCUT2D eigenvalue weighted by Crippen LogP contribution is 2.34. The molecule has 0 radical (unpaired) electrons. The highest BCUT2D eigenvalue weighted by atomic mass is 15.0. The monoisotopic (exact) mass is 174 g/mol. The van der Waals surface area contributed by atoms with Crippen LogP contribution >= 0.6 is 0 Å². The number of nitrogens with one attached hydrogen (secondary N) is 1. The molecule has 0 spiro atoms. The van der Waals surface area contributed by atoms with E-state index >= 15 is 0 Å². The first-order valence-electron chi connectivity index (χ1n) is 4.59. The second-order valence-corrected chi connectivity index (χ2v) is 3.49. The van der Waals surface area contributed by atoms with Gasteiger partial charge in [-0.2, -0.15) is 0 Å². The molecule has 2 aromatic rings. The molecular weight excluding hydrogens is 164 g/mol. The summed E-state index contributed by atoms with van der Waals surface area (Å²) in [4.78, 5) is 15.8. The first kappa shape index (κ1) is 7.00. The van der Waals surface area contributed by atoms with Gasteiger partial charge in [0.25, 0.3) is 0 Å². The molecule has 4 nitrogen and oxygen atoms in total. The first-order valence-corrected chi connectivity index (χ1v) is 4.59. The molecule has 0 unspecified atom stereocenters. The summed E-state index contributed by atoms with van der Waals surface area (Å²) in [7, 11) is 0. The van der Waals surface area contributed by atoms with Crippen LogP contribution in [0.5, 0.6) is 0 Å². The van der Waals surface area contributed by atoms with Crippen LogP contribution in [0.3, 0.4) is 0 Å². The van der Waals surface area contributed by atoms with Crippen LogP contribution in [-0.4, -0.2) is 19.9 Å². The number of nitrogens with zero attached hydrogens (tertiary/aromatic N) is 3. The number of hydrogen-bond donors (Lipinski definition) is 1. The van der Waals surface area contributed by atoms with E-state index in [1.54, 1.807) is 12.5 Å². The second-order valence-electron chi connectivity index (χ2n) is 3.49. The number of imidazole rings is 1. The van der Waals surface area contributed by atoms with Crippen LogP contribution < -0.4 is 0 Å². The quantitative estimate of drug-likeness (QED) is 0.714. The number of aromatic amines is 1. The van der Waals surface area contributed by atoms with Crippen LogP contribution in [0.4, 0.5) is 0 Å². The third kappa shape index (κ3) is 1.02. The van der Waals surface area contributed by atoms with Gasteiger partial charge in [0.1, 0.15) is 11.3 Å². The molecule has 1 N–H and O–H groups in total. The van der Waals surface area contributed by atoms with Gasteiger partial charge in [0.2, 0.25) is 0 Å². The summed E-state index contributed by atoms with van der Waals surface area (Å²) in [6, 6.07) is 0. The minimum absolute atomic E-state index is 0.590. The first-order chi connectivity index (χ1) is 6.43. The summed E-state index contributed by atoms with van der Waals surface area (Å²) < 4.78 is 0. The van der Waals surface area contributed by atoms with Crippen LogP contribution in [-0.2, 0) is 0 Å². The molecule has 0 aliphatic heterocycles. The highest BCUT2D eigenvalue weighted by molar-refractivity contribution is 5.68. The molecule has 0 aromatic carbocycles. The Hall–Kier alpha value is -1.45. The fourth-order valence-corrected chi connectivity index (χ4v) is 1.62. The standard InChI is InChI=1S/C9H10N4/c1-2-6(3-1)8-10-4-7-9(13-8)12-5-11-7/h4-6H,1-3H2,(H,10,11,12,13). The van der Waals surface area contributed by atoms with Gasteiger partial charge < -0.3 is 4.98 Å². The predicted molar refractivity (Wildman–Crippen MR) is 48.3 cm³/mol. The molecule has 1 aliphatic rings. The van der Waals surface area contributed by atoms with Crippen molar-refractivity contribution in [2.75, 3.05) is 0 Å².